The van der Waals surface area contributed by atoms with Crippen LogP contribution in [0.1, 0.15) is 12.8 Å². The topological polar surface area (TPSA) is 66.5 Å². The lowest BCUT2D eigenvalue weighted by atomic mass is 9.99. The highest BCUT2D eigenvalue weighted by Crippen LogP contribution is 2.32. The smallest absolute Gasteiger partial charge is 0.239 e. The van der Waals surface area contributed by atoms with E-state index in [2.05, 4.69) is 15.6 Å². The van der Waals surface area contributed by atoms with Crippen molar-refractivity contribution in [2.45, 2.75) is 12.8 Å². The van der Waals surface area contributed by atoms with Gasteiger partial charge in [-0.3, -0.25) is 4.79 Å². The van der Waals surface area contributed by atoms with Gasteiger partial charge in [-0.1, -0.05) is 0 Å². The predicted molar refractivity (Wildman–Crippen MR) is 79.3 cm³/mol. The number of piperidine rings is 1. The van der Waals surface area contributed by atoms with Crippen molar-refractivity contribution in [3.63, 3.8) is 0 Å². The second-order valence-electron chi connectivity index (χ2n) is 5.14. The number of methoxy groups -OCH3 is 1. The molecule has 2 heterocycles. The minimum Gasteiger partial charge on any atom is -0.479 e. The fraction of sp³-hybridized carbons (Fsp3) is 0.571. The fourth-order valence-electron chi connectivity index (χ4n) is 2.38. The maximum absolute atomic E-state index is 12.4. The summed E-state index contributed by atoms with van der Waals surface area (Å²) >= 11 is 0. The monoisotopic (exact) mass is 278 g/mol. The van der Waals surface area contributed by atoms with E-state index in [9.17, 15) is 4.79 Å². The van der Waals surface area contributed by atoms with Gasteiger partial charge >= 0.3 is 0 Å². The number of pyridine rings is 1. The lowest BCUT2D eigenvalue weighted by Gasteiger charge is -2.24. The number of nitrogens with zero attached hydrogens (tertiary/aromatic N) is 2. The molecule has 6 nitrogen and oxygen atoms in total. The van der Waals surface area contributed by atoms with E-state index in [0.29, 0.717) is 11.6 Å². The van der Waals surface area contributed by atoms with Crippen molar-refractivity contribution < 1.29 is 9.53 Å². The summed E-state index contributed by atoms with van der Waals surface area (Å²) in [6.07, 6.45) is 3.62. The van der Waals surface area contributed by atoms with E-state index < -0.39 is 0 Å². The Labute approximate surface area is 119 Å². The second kappa shape index (κ2) is 6.56. The number of anilines is 2. The van der Waals surface area contributed by atoms with Crippen LogP contribution in [-0.4, -0.2) is 45.2 Å². The van der Waals surface area contributed by atoms with Crippen LogP contribution in [0.3, 0.4) is 0 Å². The molecule has 6 heteroatoms. The van der Waals surface area contributed by atoms with Crippen molar-refractivity contribution in [1.82, 2.24) is 10.3 Å². The number of hydrogen-bond donors (Lipinski definition) is 2. The first-order valence-electron chi connectivity index (χ1n) is 6.85. The van der Waals surface area contributed by atoms with Crippen molar-refractivity contribution in [1.29, 1.82) is 0 Å². The Bertz CT molecular complexity index is 470. The van der Waals surface area contributed by atoms with Crippen LogP contribution in [0.25, 0.3) is 0 Å². The van der Waals surface area contributed by atoms with E-state index in [1.165, 1.54) is 0 Å². The van der Waals surface area contributed by atoms with Crippen LogP contribution < -0.4 is 20.3 Å². The first-order valence-corrected chi connectivity index (χ1v) is 6.85. The molecule has 1 fully saturated rings. The van der Waals surface area contributed by atoms with Gasteiger partial charge in [0, 0.05) is 26.8 Å². The van der Waals surface area contributed by atoms with Gasteiger partial charge in [0.25, 0.3) is 0 Å². The third-order valence-electron chi connectivity index (χ3n) is 3.49. The number of amides is 1. The largest absolute Gasteiger partial charge is 0.479 e. The predicted octanol–water partition coefficient (Wildman–Crippen LogP) is 1.09. The molecule has 1 aromatic heterocycles. The van der Waals surface area contributed by atoms with E-state index in [4.69, 9.17) is 4.74 Å². The Morgan fingerprint density at radius 2 is 2.35 bits per heavy atom. The van der Waals surface area contributed by atoms with Crippen molar-refractivity contribution in [3.05, 3.63) is 12.3 Å². The van der Waals surface area contributed by atoms with Crippen molar-refractivity contribution in [2.75, 3.05) is 44.5 Å². The van der Waals surface area contributed by atoms with Crippen LogP contribution in [0.5, 0.6) is 5.88 Å². The molecular formula is C14H22N4O2. The average molecular weight is 278 g/mol. The molecule has 2 rings (SSSR count). The summed E-state index contributed by atoms with van der Waals surface area (Å²) in [5.41, 5.74) is 1.52. The zero-order valence-corrected chi connectivity index (χ0v) is 12.3. The van der Waals surface area contributed by atoms with Crippen LogP contribution in [0.4, 0.5) is 11.4 Å². The third-order valence-corrected chi connectivity index (χ3v) is 3.49. The van der Waals surface area contributed by atoms with Gasteiger partial charge in [-0.05, 0) is 25.5 Å². The molecule has 1 aliphatic rings. The van der Waals surface area contributed by atoms with Gasteiger partial charge in [-0.15, -0.1) is 0 Å². The molecule has 0 radical (unpaired) electrons. The van der Waals surface area contributed by atoms with E-state index in [1.807, 2.05) is 25.1 Å². The lowest BCUT2D eigenvalue weighted by molar-refractivity contribution is -0.120. The van der Waals surface area contributed by atoms with Crippen molar-refractivity contribution in [2.24, 2.45) is 5.92 Å². The Kier molecular flexibility index (Phi) is 4.79. The minimum atomic E-state index is 0.00340. The molecule has 1 atom stereocenters. The Balaban J connectivity index is 2.20. The maximum Gasteiger partial charge on any atom is 0.239 e. The number of nitrogens with one attached hydrogen (secondary N) is 2. The van der Waals surface area contributed by atoms with Crippen molar-refractivity contribution in [3.8, 4) is 5.88 Å². The first kappa shape index (κ1) is 14.6. The summed E-state index contributed by atoms with van der Waals surface area (Å²) in [4.78, 5) is 18.4. The molecule has 1 amide bonds. The highest BCUT2D eigenvalue weighted by atomic mass is 16.5. The third kappa shape index (κ3) is 3.19. The standard InChI is InChI=1S/C14H22N4O2/c1-18(2)11-6-8-16-14(20-3)12(11)17-13(19)10-5-4-7-15-9-10/h6,8,10,15H,4-5,7,9H2,1-3H3,(H,17,19)/t10-/m0/s1. The first-order chi connectivity index (χ1) is 9.63. The highest BCUT2D eigenvalue weighted by Gasteiger charge is 2.23. The maximum atomic E-state index is 12.4. The molecule has 0 saturated carbocycles. The second-order valence-corrected chi connectivity index (χ2v) is 5.14. The van der Waals surface area contributed by atoms with Gasteiger partial charge in [0.15, 0.2) is 0 Å². The number of aromatic nitrogens is 1. The minimum absolute atomic E-state index is 0.00340. The van der Waals surface area contributed by atoms with Gasteiger partial charge in [0.05, 0.1) is 18.7 Å². The summed E-state index contributed by atoms with van der Waals surface area (Å²) < 4.78 is 5.26. The number of rotatable bonds is 4. The van der Waals surface area contributed by atoms with Crippen LogP contribution >= 0.6 is 0 Å². The normalized spacial score (nSPS) is 18.4. The quantitative estimate of drug-likeness (QED) is 0.863. The molecule has 1 saturated heterocycles. The Morgan fingerprint density at radius 3 is 2.95 bits per heavy atom. The number of ether oxygens (including phenoxy) is 1. The summed E-state index contributed by atoms with van der Waals surface area (Å²) in [7, 11) is 5.40. The summed E-state index contributed by atoms with van der Waals surface area (Å²) in [5.74, 6) is 0.462. The zero-order chi connectivity index (χ0) is 14.5. The number of hydrogen-bond acceptors (Lipinski definition) is 5. The van der Waals surface area contributed by atoms with Crippen LogP contribution in [0.2, 0.25) is 0 Å². The lowest BCUT2D eigenvalue weighted by Crippen LogP contribution is -2.37. The van der Waals surface area contributed by atoms with E-state index in [1.54, 1.807) is 13.3 Å². The molecule has 0 bridgehead atoms. The van der Waals surface area contributed by atoms with E-state index >= 15 is 0 Å². The molecule has 1 aromatic rings. The zero-order valence-electron chi connectivity index (χ0n) is 12.3. The van der Waals surface area contributed by atoms with Gasteiger partial charge in [-0.25, -0.2) is 4.98 Å². The van der Waals surface area contributed by atoms with Crippen LogP contribution in [-0.2, 0) is 4.79 Å². The summed E-state index contributed by atoms with van der Waals surface area (Å²) in [6.45, 7) is 1.72. The molecule has 0 aliphatic carbocycles. The molecule has 0 spiro atoms. The molecule has 1 aliphatic heterocycles. The fourth-order valence-corrected chi connectivity index (χ4v) is 2.38. The Hall–Kier alpha value is -1.82. The molecule has 20 heavy (non-hydrogen) atoms. The highest BCUT2D eigenvalue weighted by molar-refractivity contribution is 5.97. The number of carbonyl (C=O) groups excluding carboxylic acids is 1. The molecule has 110 valence electrons. The van der Waals surface area contributed by atoms with Gasteiger partial charge in [0.1, 0.15) is 5.69 Å². The van der Waals surface area contributed by atoms with E-state index in [0.717, 1.165) is 31.6 Å². The summed E-state index contributed by atoms with van der Waals surface area (Å²) in [5, 5.41) is 6.22. The average Bonchev–Trinajstić information content (AvgIpc) is 2.48. The summed E-state index contributed by atoms with van der Waals surface area (Å²) in [6, 6.07) is 1.86. The van der Waals surface area contributed by atoms with Gasteiger partial charge in [0.2, 0.25) is 11.8 Å². The molecule has 0 aromatic carbocycles. The Morgan fingerprint density at radius 1 is 1.55 bits per heavy atom. The molecule has 2 N–H and O–H groups in total. The molecule has 0 unspecified atom stereocenters. The number of carbonyl (C=O) groups is 1. The van der Waals surface area contributed by atoms with Crippen LogP contribution in [0.15, 0.2) is 12.3 Å². The van der Waals surface area contributed by atoms with Gasteiger partial charge < -0.3 is 20.3 Å². The van der Waals surface area contributed by atoms with Crippen molar-refractivity contribution >= 4 is 17.3 Å². The van der Waals surface area contributed by atoms with E-state index in [-0.39, 0.29) is 11.8 Å². The van der Waals surface area contributed by atoms with Crippen LogP contribution in [0, 0.1) is 5.92 Å². The SMILES string of the molecule is COc1nccc(N(C)C)c1NC(=O)[C@H]1CCCNC1. The molecular weight excluding hydrogens is 256 g/mol. The van der Waals surface area contributed by atoms with Gasteiger partial charge in [-0.2, -0.15) is 0 Å².